The Bertz CT molecular complexity index is 2020. The summed E-state index contributed by atoms with van der Waals surface area (Å²) >= 11 is 0. The van der Waals surface area contributed by atoms with Gasteiger partial charge in [0, 0.05) is 61.3 Å². The Morgan fingerprint density at radius 3 is 2.63 bits per heavy atom. The predicted molar refractivity (Wildman–Crippen MR) is 177 cm³/mol. The van der Waals surface area contributed by atoms with Crippen LogP contribution in [-0.4, -0.2) is 75.9 Å². The van der Waals surface area contributed by atoms with E-state index in [0.29, 0.717) is 66.4 Å². The molecule has 0 saturated carbocycles. The van der Waals surface area contributed by atoms with Crippen molar-refractivity contribution in [1.29, 1.82) is 0 Å². The molecule has 4 saturated heterocycles. The van der Waals surface area contributed by atoms with Crippen LogP contribution in [0.15, 0.2) is 48.7 Å². The van der Waals surface area contributed by atoms with Gasteiger partial charge in [0.05, 0.1) is 16.5 Å². The number of piperazine rings is 1. The molecule has 4 aliphatic heterocycles. The summed E-state index contributed by atoms with van der Waals surface area (Å²) in [5.74, 6) is 1.61. The number of aromatic nitrogens is 3. The maximum Gasteiger partial charge on any atom is 0.389 e. The number of hydrogen-bond donors (Lipinski definition) is 1. The van der Waals surface area contributed by atoms with Crippen LogP contribution in [0.5, 0.6) is 6.01 Å². The molecule has 8 rings (SSSR count). The third-order valence-corrected chi connectivity index (χ3v) is 10.8. The topological polar surface area (TPSA) is 66.4 Å². The molecule has 4 atom stereocenters. The lowest BCUT2D eigenvalue weighted by Crippen LogP contribution is -2.51. The molecule has 6 heterocycles. The van der Waals surface area contributed by atoms with Crippen LogP contribution < -0.4 is 15.0 Å². The number of rotatable bonds is 7. The fraction of sp³-hybridized carbons (Fsp3) is 0.432. The Morgan fingerprint density at radius 2 is 1.88 bits per heavy atom. The summed E-state index contributed by atoms with van der Waals surface area (Å²) in [6.45, 7) is 6.11. The zero-order chi connectivity index (χ0) is 34.1. The van der Waals surface area contributed by atoms with Gasteiger partial charge >= 0.3 is 12.2 Å². The van der Waals surface area contributed by atoms with Gasteiger partial charge in [-0.3, -0.25) is 9.88 Å². The molecule has 0 amide bonds. The standard InChI is InChI=1S/C37H35F5N6O/c1-3-26-29(38)10-7-22-5-4-6-27(30(22)26)32-31(39)33-28(16-43-32)34(47-18-23-8-9-24(19-47)44-23)46-35(45-33)49-20-36-13-11-25(12-14-37(40,41)42)48(36)17-21(2)15-36/h1,4-7,10,16,23-25,44H,2,8-9,11-15,17-20H2/t23-,24+,25-,36-/m0/s1. The lowest BCUT2D eigenvalue weighted by atomic mass is 9.93. The van der Waals surface area contributed by atoms with Gasteiger partial charge in [0.2, 0.25) is 0 Å². The number of halogens is 5. The molecule has 49 heavy (non-hydrogen) atoms. The van der Waals surface area contributed by atoms with E-state index in [1.54, 1.807) is 30.5 Å². The van der Waals surface area contributed by atoms with Crippen LogP contribution in [-0.2, 0) is 0 Å². The molecule has 12 heteroatoms. The first-order valence-electron chi connectivity index (χ1n) is 16.7. The van der Waals surface area contributed by atoms with Gasteiger partial charge in [-0.1, -0.05) is 42.3 Å². The molecule has 0 unspecified atom stereocenters. The van der Waals surface area contributed by atoms with Crippen molar-refractivity contribution in [2.75, 3.05) is 31.1 Å². The van der Waals surface area contributed by atoms with E-state index in [2.05, 4.69) is 37.6 Å². The Balaban J connectivity index is 1.20. The van der Waals surface area contributed by atoms with Crippen LogP contribution in [0.3, 0.4) is 0 Å². The molecule has 2 aromatic carbocycles. The number of alkyl halides is 3. The molecule has 254 valence electrons. The van der Waals surface area contributed by atoms with E-state index in [-0.39, 0.29) is 53.9 Å². The van der Waals surface area contributed by atoms with Gasteiger partial charge in [0.1, 0.15) is 29.5 Å². The van der Waals surface area contributed by atoms with E-state index >= 15 is 4.39 Å². The van der Waals surface area contributed by atoms with Gasteiger partial charge in [-0.05, 0) is 50.0 Å². The van der Waals surface area contributed by atoms with Crippen molar-refractivity contribution < 1.29 is 26.7 Å². The van der Waals surface area contributed by atoms with E-state index in [4.69, 9.17) is 16.1 Å². The number of nitrogens with one attached hydrogen (secondary N) is 1. The molecule has 1 N–H and O–H groups in total. The minimum Gasteiger partial charge on any atom is -0.461 e. The quantitative estimate of drug-likeness (QED) is 0.130. The number of pyridine rings is 1. The van der Waals surface area contributed by atoms with Crippen molar-refractivity contribution in [3.8, 4) is 29.6 Å². The third-order valence-electron chi connectivity index (χ3n) is 10.8. The van der Waals surface area contributed by atoms with Crippen molar-refractivity contribution in [3.63, 3.8) is 0 Å². The van der Waals surface area contributed by atoms with E-state index in [9.17, 15) is 17.6 Å². The highest BCUT2D eigenvalue weighted by molar-refractivity contribution is 6.02. The Kier molecular flexibility index (Phi) is 7.76. The number of hydrogen-bond acceptors (Lipinski definition) is 7. The van der Waals surface area contributed by atoms with Gasteiger partial charge in [-0.15, -0.1) is 6.42 Å². The lowest BCUT2D eigenvalue weighted by molar-refractivity contribution is -0.138. The van der Waals surface area contributed by atoms with Gasteiger partial charge in [0.25, 0.3) is 0 Å². The second-order valence-electron chi connectivity index (χ2n) is 13.9. The summed E-state index contributed by atoms with van der Waals surface area (Å²) in [5.41, 5.74) is 0.728. The Labute approximate surface area is 280 Å². The van der Waals surface area contributed by atoms with Crippen LogP contribution in [0.4, 0.5) is 27.8 Å². The zero-order valence-corrected chi connectivity index (χ0v) is 26.8. The smallest absolute Gasteiger partial charge is 0.389 e. The maximum absolute atomic E-state index is 16.9. The molecule has 0 spiro atoms. The Morgan fingerprint density at radius 1 is 1.08 bits per heavy atom. The lowest BCUT2D eigenvalue weighted by Gasteiger charge is -2.35. The van der Waals surface area contributed by atoms with Crippen molar-refractivity contribution in [3.05, 3.63) is 65.9 Å². The molecule has 4 fully saturated rings. The highest BCUT2D eigenvalue weighted by atomic mass is 19.4. The molecule has 7 nitrogen and oxygen atoms in total. The minimum absolute atomic E-state index is 0.00575. The van der Waals surface area contributed by atoms with E-state index in [0.717, 1.165) is 18.4 Å². The van der Waals surface area contributed by atoms with E-state index in [1.165, 1.54) is 6.07 Å². The van der Waals surface area contributed by atoms with Gasteiger partial charge < -0.3 is 15.0 Å². The summed E-state index contributed by atoms with van der Waals surface area (Å²) in [7, 11) is 0. The minimum atomic E-state index is -4.22. The van der Waals surface area contributed by atoms with Gasteiger partial charge in [0.15, 0.2) is 5.82 Å². The van der Waals surface area contributed by atoms with Crippen molar-refractivity contribution >= 4 is 27.5 Å². The summed E-state index contributed by atoms with van der Waals surface area (Å²) in [5, 5.41) is 5.04. The third kappa shape index (κ3) is 5.66. The van der Waals surface area contributed by atoms with E-state index in [1.807, 2.05) is 0 Å². The average Bonchev–Trinajstić information content (AvgIpc) is 3.71. The SMILES string of the molecule is C#Cc1c(F)ccc2cccc(-c3ncc4c(N5C[C@H]6CC[C@@H](C5)N6)nc(OC[C@@]56CC[C@@H](CCC(F)(F)F)N5CC(=C)C6)nc4c3F)c12. The molecule has 2 aromatic heterocycles. The first kappa shape index (κ1) is 31.9. The van der Waals surface area contributed by atoms with Crippen molar-refractivity contribution in [2.45, 2.75) is 74.8 Å². The van der Waals surface area contributed by atoms with Gasteiger partial charge in [-0.25, -0.2) is 8.78 Å². The largest absolute Gasteiger partial charge is 0.461 e. The van der Waals surface area contributed by atoms with Crippen LogP contribution >= 0.6 is 0 Å². The normalized spacial score (nSPS) is 25.3. The average molecular weight is 675 g/mol. The zero-order valence-electron chi connectivity index (χ0n) is 26.8. The van der Waals surface area contributed by atoms with Crippen LogP contribution in [0.25, 0.3) is 32.9 Å². The number of benzene rings is 2. The second-order valence-corrected chi connectivity index (χ2v) is 13.9. The number of ether oxygens (including phenoxy) is 1. The highest BCUT2D eigenvalue weighted by Crippen LogP contribution is 2.46. The number of fused-ring (bicyclic) bond motifs is 5. The molecule has 2 bridgehead atoms. The van der Waals surface area contributed by atoms with Gasteiger partial charge in [-0.2, -0.15) is 23.1 Å². The fourth-order valence-electron chi connectivity index (χ4n) is 8.58. The van der Waals surface area contributed by atoms with Crippen molar-refractivity contribution in [1.82, 2.24) is 25.2 Å². The summed E-state index contributed by atoms with van der Waals surface area (Å²) < 4.78 is 77.4. The number of terminal acetylenes is 1. The summed E-state index contributed by atoms with van der Waals surface area (Å²) in [6.07, 6.45) is 6.11. The summed E-state index contributed by atoms with van der Waals surface area (Å²) in [6, 6.07) is 8.32. The van der Waals surface area contributed by atoms with Crippen LogP contribution in [0.2, 0.25) is 0 Å². The maximum atomic E-state index is 16.9. The number of nitrogens with zero attached hydrogens (tertiary/aromatic N) is 5. The summed E-state index contributed by atoms with van der Waals surface area (Å²) in [4.78, 5) is 18.2. The monoisotopic (exact) mass is 674 g/mol. The molecule has 0 radical (unpaired) electrons. The molecular formula is C37H35F5N6O. The fourth-order valence-corrected chi connectivity index (χ4v) is 8.58. The van der Waals surface area contributed by atoms with Crippen molar-refractivity contribution in [2.24, 2.45) is 0 Å². The first-order chi connectivity index (χ1) is 23.5. The second kappa shape index (κ2) is 11.9. The molecule has 4 aromatic rings. The first-order valence-corrected chi connectivity index (χ1v) is 16.7. The number of anilines is 1. The van der Waals surface area contributed by atoms with Crippen LogP contribution in [0, 0.1) is 24.0 Å². The highest BCUT2D eigenvalue weighted by Gasteiger charge is 2.51. The molecular weight excluding hydrogens is 639 g/mol. The molecule has 0 aliphatic carbocycles. The molecule has 4 aliphatic rings. The Hall–Kier alpha value is -4.34. The predicted octanol–water partition coefficient (Wildman–Crippen LogP) is 6.93. The van der Waals surface area contributed by atoms with Crippen LogP contribution in [0.1, 0.15) is 50.5 Å². The van der Waals surface area contributed by atoms with E-state index < -0.39 is 29.8 Å².